The lowest BCUT2D eigenvalue weighted by molar-refractivity contribution is 0.194. The van der Waals surface area contributed by atoms with Gasteiger partial charge in [0.1, 0.15) is 11.4 Å². The lowest BCUT2D eigenvalue weighted by Gasteiger charge is -2.08. The minimum atomic E-state index is -0.608. The maximum absolute atomic E-state index is 9.40. The number of methoxy groups -OCH3 is 1. The quantitative estimate of drug-likeness (QED) is 0.940. The van der Waals surface area contributed by atoms with E-state index in [2.05, 4.69) is 26.2 Å². The largest absolute Gasteiger partial charge is 0.496 e. The molecule has 0 bridgehead atoms. The van der Waals surface area contributed by atoms with Crippen molar-refractivity contribution in [2.45, 2.75) is 19.6 Å². The molecule has 2 aromatic rings. The SMILES string of the molecule is COc1ccc(Br)cc1Cn1cc(C(C)O)nn1. The molecular weight excluding hydrogens is 298 g/mol. The third-order valence-corrected chi connectivity index (χ3v) is 3.05. The molecule has 1 aromatic carbocycles. The van der Waals surface area contributed by atoms with Crippen LogP contribution in [0.3, 0.4) is 0 Å². The topological polar surface area (TPSA) is 60.2 Å². The normalized spacial score (nSPS) is 12.4. The first-order chi connectivity index (χ1) is 8.60. The van der Waals surface area contributed by atoms with Crippen molar-refractivity contribution < 1.29 is 9.84 Å². The van der Waals surface area contributed by atoms with Gasteiger partial charge in [0.25, 0.3) is 0 Å². The summed E-state index contributed by atoms with van der Waals surface area (Å²) in [6.07, 6.45) is 1.12. The summed E-state index contributed by atoms with van der Waals surface area (Å²) >= 11 is 3.43. The smallest absolute Gasteiger partial charge is 0.124 e. The maximum atomic E-state index is 9.40. The molecule has 0 aliphatic carbocycles. The first-order valence-corrected chi connectivity index (χ1v) is 6.30. The molecule has 0 fully saturated rings. The number of hydrogen-bond acceptors (Lipinski definition) is 4. The molecule has 1 heterocycles. The highest BCUT2D eigenvalue weighted by molar-refractivity contribution is 9.10. The number of halogens is 1. The highest BCUT2D eigenvalue weighted by Crippen LogP contribution is 2.23. The van der Waals surface area contributed by atoms with Crippen molar-refractivity contribution in [1.82, 2.24) is 15.0 Å². The molecule has 0 saturated carbocycles. The molecule has 1 atom stereocenters. The molecule has 18 heavy (non-hydrogen) atoms. The second-order valence-electron chi connectivity index (χ2n) is 3.97. The fourth-order valence-electron chi connectivity index (χ4n) is 1.63. The van der Waals surface area contributed by atoms with Crippen LogP contribution in [0.4, 0.5) is 0 Å². The van der Waals surface area contributed by atoms with Gasteiger partial charge < -0.3 is 9.84 Å². The van der Waals surface area contributed by atoms with Crippen molar-refractivity contribution in [3.63, 3.8) is 0 Å². The molecule has 0 spiro atoms. The number of aliphatic hydroxyl groups excluding tert-OH is 1. The summed E-state index contributed by atoms with van der Waals surface area (Å²) in [6.45, 7) is 2.20. The Morgan fingerprint density at radius 3 is 2.89 bits per heavy atom. The second-order valence-corrected chi connectivity index (χ2v) is 4.89. The van der Waals surface area contributed by atoms with Crippen molar-refractivity contribution in [2.24, 2.45) is 0 Å². The van der Waals surface area contributed by atoms with Gasteiger partial charge in [-0.1, -0.05) is 21.1 Å². The van der Waals surface area contributed by atoms with E-state index in [9.17, 15) is 5.11 Å². The van der Waals surface area contributed by atoms with E-state index in [0.29, 0.717) is 12.2 Å². The zero-order valence-corrected chi connectivity index (χ0v) is 11.8. The predicted molar refractivity (Wildman–Crippen MR) is 70.5 cm³/mol. The van der Waals surface area contributed by atoms with Crippen LogP contribution < -0.4 is 4.74 Å². The number of benzene rings is 1. The molecule has 6 heteroatoms. The van der Waals surface area contributed by atoms with Crippen molar-refractivity contribution >= 4 is 15.9 Å². The second kappa shape index (κ2) is 5.49. The van der Waals surface area contributed by atoms with Crippen LogP contribution in [0.15, 0.2) is 28.9 Å². The minimum absolute atomic E-state index is 0.544. The summed E-state index contributed by atoms with van der Waals surface area (Å²) in [5.41, 5.74) is 1.55. The molecule has 1 N–H and O–H groups in total. The molecule has 0 saturated heterocycles. The van der Waals surface area contributed by atoms with E-state index in [-0.39, 0.29) is 0 Å². The van der Waals surface area contributed by atoms with Crippen LogP contribution in [0.1, 0.15) is 24.3 Å². The van der Waals surface area contributed by atoms with Crippen LogP contribution in [0, 0.1) is 0 Å². The third kappa shape index (κ3) is 2.88. The number of nitrogens with zero attached hydrogens (tertiary/aromatic N) is 3. The van der Waals surface area contributed by atoms with Gasteiger partial charge in [-0.3, -0.25) is 0 Å². The van der Waals surface area contributed by atoms with E-state index in [0.717, 1.165) is 15.8 Å². The number of ether oxygens (including phenoxy) is 1. The third-order valence-electron chi connectivity index (χ3n) is 2.56. The van der Waals surface area contributed by atoms with E-state index in [4.69, 9.17) is 4.74 Å². The van der Waals surface area contributed by atoms with Gasteiger partial charge in [0, 0.05) is 10.0 Å². The average Bonchev–Trinajstić information content (AvgIpc) is 2.78. The Morgan fingerprint density at radius 2 is 2.28 bits per heavy atom. The van der Waals surface area contributed by atoms with Crippen LogP contribution in [0.25, 0.3) is 0 Å². The Balaban J connectivity index is 2.24. The number of hydrogen-bond donors (Lipinski definition) is 1. The summed E-state index contributed by atoms with van der Waals surface area (Å²) < 4.78 is 7.95. The predicted octanol–water partition coefficient (Wildman–Crippen LogP) is 2.15. The van der Waals surface area contributed by atoms with Gasteiger partial charge in [-0.2, -0.15) is 0 Å². The Labute approximate surface area is 114 Å². The van der Waals surface area contributed by atoms with Crippen LogP contribution in [0.5, 0.6) is 5.75 Å². The van der Waals surface area contributed by atoms with Crippen molar-refractivity contribution in [3.05, 3.63) is 40.1 Å². The van der Waals surface area contributed by atoms with E-state index >= 15 is 0 Å². The lowest BCUT2D eigenvalue weighted by Crippen LogP contribution is -2.02. The molecule has 2 rings (SSSR count). The summed E-state index contributed by atoms with van der Waals surface area (Å²) in [7, 11) is 1.63. The van der Waals surface area contributed by atoms with Gasteiger partial charge in [-0.05, 0) is 25.1 Å². The molecule has 0 radical (unpaired) electrons. The fourth-order valence-corrected chi connectivity index (χ4v) is 2.04. The van der Waals surface area contributed by atoms with Crippen molar-refractivity contribution in [3.8, 4) is 5.75 Å². The maximum Gasteiger partial charge on any atom is 0.124 e. The van der Waals surface area contributed by atoms with Crippen LogP contribution in [-0.2, 0) is 6.54 Å². The lowest BCUT2D eigenvalue weighted by atomic mass is 10.2. The van der Waals surface area contributed by atoms with E-state index in [1.165, 1.54) is 0 Å². The first-order valence-electron chi connectivity index (χ1n) is 5.50. The van der Waals surface area contributed by atoms with Crippen LogP contribution >= 0.6 is 15.9 Å². The van der Waals surface area contributed by atoms with E-state index in [1.807, 2.05) is 18.2 Å². The Kier molecular flexibility index (Phi) is 3.98. The number of aromatic nitrogens is 3. The Morgan fingerprint density at radius 1 is 1.50 bits per heavy atom. The fraction of sp³-hybridized carbons (Fsp3) is 0.333. The van der Waals surface area contributed by atoms with Gasteiger partial charge in [-0.15, -0.1) is 5.10 Å². The molecule has 96 valence electrons. The standard InChI is InChI=1S/C12H14BrN3O2/c1-8(17)11-7-16(15-14-11)6-9-5-10(13)3-4-12(9)18-2/h3-5,7-8,17H,6H2,1-2H3. The van der Waals surface area contributed by atoms with Gasteiger partial charge >= 0.3 is 0 Å². The highest BCUT2D eigenvalue weighted by Gasteiger charge is 2.09. The average molecular weight is 312 g/mol. The molecule has 0 amide bonds. The van der Waals surface area contributed by atoms with Crippen molar-refractivity contribution in [2.75, 3.05) is 7.11 Å². The summed E-state index contributed by atoms with van der Waals surface area (Å²) in [5, 5.41) is 17.3. The first kappa shape index (κ1) is 13.0. The molecular formula is C12H14BrN3O2. The zero-order valence-electron chi connectivity index (χ0n) is 10.2. The summed E-state index contributed by atoms with van der Waals surface area (Å²) in [6, 6.07) is 5.79. The number of aliphatic hydroxyl groups is 1. The molecule has 1 aromatic heterocycles. The van der Waals surface area contributed by atoms with Gasteiger partial charge in [0.15, 0.2) is 0 Å². The van der Waals surface area contributed by atoms with Gasteiger partial charge in [-0.25, -0.2) is 4.68 Å². The minimum Gasteiger partial charge on any atom is -0.496 e. The molecule has 5 nitrogen and oxygen atoms in total. The highest BCUT2D eigenvalue weighted by atomic mass is 79.9. The van der Waals surface area contributed by atoms with Crippen LogP contribution in [0.2, 0.25) is 0 Å². The summed E-state index contributed by atoms with van der Waals surface area (Å²) in [5.74, 6) is 0.798. The van der Waals surface area contributed by atoms with E-state index in [1.54, 1.807) is 24.9 Å². The van der Waals surface area contributed by atoms with E-state index < -0.39 is 6.10 Å². The summed E-state index contributed by atoms with van der Waals surface area (Å²) in [4.78, 5) is 0. The monoisotopic (exact) mass is 311 g/mol. The number of rotatable bonds is 4. The Hall–Kier alpha value is -1.40. The van der Waals surface area contributed by atoms with Gasteiger partial charge in [0.2, 0.25) is 0 Å². The zero-order chi connectivity index (χ0) is 13.1. The van der Waals surface area contributed by atoms with Crippen LogP contribution in [-0.4, -0.2) is 27.2 Å². The van der Waals surface area contributed by atoms with Gasteiger partial charge in [0.05, 0.1) is 26.0 Å². The molecule has 0 aliphatic rings. The molecule has 0 aliphatic heterocycles. The molecule has 1 unspecified atom stereocenters. The Bertz CT molecular complexity index is 540. The van der Waals surface area contributed by atoms with Crippen molar-refractivity contribution in [1.29, 1.82) is 0 Å².